The Morgan fingerprint density at radius 2 is 2.14 bits per heavy atom. The van der Waals surface area contributed by atoms with E-state index in [2.05, 4.69) is 17.3 Å². The average Bonchev–Trinajstić information content (AvgIpc) is 2.44. The Labute approximate surface area is 129 Å². The SMILES string of the molecule is CC(Oc1ccc(F)cc1Cl)C(=O)NC1CCN(C)CC1. The molecule has 1 aliphatic heterocycles. The van der Waals surface area contributed by atoms with Crippen LogP contribution in [0.25, 0.3) is 0 Å². The first-order valence-corrected chi connectivity index (χ1v) is 7.44. The predicted octanol–water partition coefficient (Wildman–Crippen LogP) is 2.46. The Balaban J connectivity index is 1.87. The van der Waals surface area contributed by atoms with Crippen LogP contribution in [0.2, 0.25) is 5.02 Å². The van der Waals surface area contributed by atoms with Gasteiger partial charge in [0, 0.05) is 6.04 Å². The summed E-state index contributed by atoms with van der Waals surface area (Å²) in [4.78, 5) is 14.3. The number of hydrogen-bond donors (Lipinski definition) is 1. The van der Waals surface area contributed by atoms with Crippen molar-refractivity contribution in [2.24, 2.45) is 0 Å². The maximum Gasteiger partial charge on any atom is 0.260 e. The van der Waals surface area contributed by atoms with Crippen molar-refractivity contribution in [3.63, 3.8) is 0 Å². The van der Waals surface area contributed by atoms with Gasteiger partial charge in [0.05, 0.1) is 5.02 Å². The highest BCUT2D eigenvalue weighted by Gasteiger charge is 2.22. The Bertz CT molecular complexity index is 504. The molecule has 1 aromatic carbocycles. The summed E-state index contributed by atoms with van der Waals surface area (Å²) in [5.41, 5.74) is 0. The molecule has 1 unspecified atom stereocenters. The number of likely N-dealkylation sites (tertiary alicyclic amines) is 1. The Morgan fingerprint density at radius 1 is 1.48 bits per heavy atom. The van der Waals surface area contributed by atoms with Gasteiger partial charge in [0.1, 0.15) is 11.6 Å². The van der Waals surface area contributed by atoms with Crippen LogP contribution in [0.3, 0.4) is 0 Å². The zero-order chi connectivity index (χ0) is 15.4. The highest BCUT2D eigenvalue weighted by molar-refractivity contribution is 6.32. The molecule has 21 heavy (non-hydrogen) atoms. The van der Waals surface area contributed by atoms with E-state index in [0.717, 1.165) is 25.9 Å². The average molecular weight is 315 g/mol. The minimum atomic E-state index is -0.674. The van der Waals surface area contributed by atoms with Gasteiger partial charge in [0.25, 0.3) is 5.91 Å². The van der Waals surface area contributed by atoms with E-state index in [4.69, 9.17) is 16.3 Å². The monoisotopic (exact) mass is 314 g/mol. The molecule has 116 valence electrons. The number of carbonyl (C=O) groups is 1. The third-order valence-corrected chi connectivity index (χ3v) is 3.93. The van der Waals surface area contributed by atoms with Gasteiger partial charge in [-0.15, -0.1) is 0 Å². The van der Waals surface area contributed by atoms with E-state index >= 15 is 0 Å². The van der Waals surface area contributed by atoms with Crippen molar-refractivity contribution in [3.8, 4) is 5.75 Å². The van der Waals surface area contributed by atoms with Crippen LogP contribution in [-0.2, 0) is 4.79 Å². The summed E-state index contributed by atoms with van der Waals surface area (Å²) < 4.78 is 18.5. The number of nitrogens with one attached hydrogen (secondary N) is 1. The number of halogens is 2. The van der Waals surface area contributed by atoms with Crippen molar-refractivity contribution in [1.82, 2.24) is 10.2 Å². The molecular formula is C15H20ClFN2O2. The van der Waals surface area contributed by atoms with Gasteiger partial charge in [0.2, 0.25) is 0 Å². The van der Waals surface area contributed by atoms with Crippen LogP contribution in [0.5, 0.6) is 5.75 Å². The molecule has 1 fully saturated rings. The summed E-state index contributed by atoms with van der Waals surface area (Å²) in [6, 6.07) is 4.03. The van der Waals surface area contributed by atoms with Crippen LogP contribution in [0.15, 0.2) is 18.2 Å². The topological polar surface area (TPSA) is 41.6 Å². The first kappa shape index (κ1) is 16.0. The van der Waals surface area contributed by atoms with Gasteiger partial charge >= 0.3 is 0 Å². The van der Waals surface area contributed by atoms with E-state index in [1.165, 1.54) is 18.2 Å². The number of ether oxygens (including phenoxy) is 1. The van der Waals surface area contributed by atoms with Crippen LogP contribution in [0, 0.1) is 5.82 Å². The lowest BCUT2D eigenvalue weighted by Crippen LogP contribution is -2.47. The fourth-order valence-corrected chi connectivity index (χ4v) is 2.50. The standard InChI is InChI=1S/C15H20ClFN2O2/c1-10(21-14-4-3-11(17)9-13(14)16)15(20)18-12-5-7-19(2)8-6-12/h3-4,9-10,12H,5-8H2,1-2H3,(H,18,20). The van der Waals surface area contributed by atoms with Crippen molar-refractivity contribution < 1.29 is 13.9 Å². The molecule has 1 aliphatic rings. The molecule has 0 aliphatic carbocycles. The van der Waals surface area contributed by atoms with E-state index in [0.29, 0.717) is 5.75 Å². The molecule has 0 bridgehead atoms. The summed E-state index contributed by atoms with van der Waals surface area (Å²) in [5.74, 6) is -0.301. The van der Waals surface area contributed by atoms with Crippen molar-refractivity contribution in [2.45, 2.75) is 31.9 Å². The number of hydrogen-bond acceptors (Lipinski definition) is 3. The molecule has 0 saturated carbocycles. The van der Waals surface area contributed by atoms with E-state index < -0.39 is 11.9 Å². The Kier molecular flexibility index (Phi) is 5.42. The largest absolute Gasteiger partial charge is 0.479 e. The molecule has 0 aromatic heterocycles. The van der Waals surface area contributed by atoms with Crippen molar-refractivity contribution in [3.05, 3.63) is 29.0 Å². The van der Waals surface area contributed by atoms with Crippen LogP contribution < -0.4 is 10.1 Å². The van der Waals surface area contributed by atoms with Crippen molar-refractivity contribution in [1.29, 1.82) is 0 Å². The molecule has 0 spiro atoms. The fourth-order valence-electron chi connectivity index (χ4n) is 2.29. The van der Waals surface area contributed by atoms with E-state index in [1.807, 2.05) is 0 Å². The van der Waals surface area contributed by atoms with Gasteiger partial charge in [-0.2, -0.15) is 0 Å². The highest BCUT2D eigenvalue weighted by Crippen LogP contribution is 2.25. The second-order valence-corrected chi connectivity index (χ2v) is 5.83. The number of carbonyl (C=O) groups excluding carboxylic acids is 1. The normalized spacial score (nSPS) is 18.3. The number of piperidine rings is 1. The Morgan fingerprint density at radius 3 is 2.76 bits per heavy atom. The molecular weight excluding hydrogens is 295 g/mol. The highest BCUT2D eigenvalue weighted by atomic mass is 35.5. The zero-order valence-corrected chi connectivity index (χ0v) is 13.0. The lowest BCUT2D eigenvalue weighted by Gasteiger charge is -2.30. The van der Waals surface area contributed by atoms with Gasteiger partial charge in [-0.05, 0) is 58.1 Å². The lowest BCUT2D eigenvalue weighted by atomic mass is 10.1. The molecule has 1 heterocycles. The molecule has 4 nitrogen and oxygen atoms in total. The van der Waals surface area contributed by atoms with Crippen molar-refractivity contribution in [2.75, 3.05) is 20.1 Å². The third kappa shape index (κ3) is 4.58. The lowest BCUT2D eigenvalue weighted by molar-refractivity contribution is -0.128. The number of amides is 1. The predicted molar refractivity (Wildman–Crippen MR) is 80.2 cm³/mol. The van der Waals surface area contributed by atoms with Crippen LogP contribution in [-0.4, -0.2) is 43.1 Å². The third-order valence-electron chi connectivity index (χ3n) is 3.63. The molecule has 2 rings (SSSR count). The molecule has 1 N–H and O–H groups in total. The molecule has 6 heteroatoms. The van der Waals surface area contributed by atoms with Gasteiger partial charge < -0.3 is 15.0 Å². The van der Waals surface area contributed by atoms with E-state index in [1.54, 1.807) is 6.92 Å². The first-order chi connectivity index (χ1) is 9.95. The zero-order valence-electron chi connectivity index (χ0n) is 12.2. The second kappa shape index (κ2) is 7.09. The Hall–Kier alpha value is -1.33. The first-order valence-electron chi connectivity index (χ1n) is 7.06. The van der Waals surface area contributed by atoms with Gasteiger partial charge in [-0.3, -0.25) is 4.79 Å². The number of nitrogens with zero attached hydrogens (tertiary/aromatic N) is 1. The smallest absolute Gasteiger partial charge is 0.260 e. The van der Waals surface area contributed by atoms with E-state index in [-0.39, 0.29) is 17.0 Å². The van der Waals surface area contributed by atoms with Gasteiger partial charge in [-0.25, -0.2) is 4.39 Å². The van der Waals surface area contributed by atoms with E-state index in [9.17, 15) is 9.18 Å². The molecule has 1 aromatic rings. The number of rotatable bonds is 4. The summed E-state index contributed by atoms with van der Waals surface area (Å²) >= 11 is 5.88. The van der Waals surface area contributed by atoms with Crippen LogP contribution >= 0.6 is 11.6 Å². The maximum absolute atomic E-state index is 13.0. The molecule has 1 amide bonds. The summed E-state index contributed by atoms with van der Waals surface area (Å²) in [7, 11) is 2.07. The van der Waals surface area contributed by atoms with Crippen LogP contribution in [0.4, 0.5) is 4.39 Å². The van der Waals surface area contributed by atoms with Gasteiger partial charge in [0.15, 0.2) is 6.10 Å². The molecule has 0 radical (unpaired) electrons. The minimum Gasteiger partial charge on any atom is -0.479 e. The summed E-state index contributed by atoms with van der Waals surface area (Å²) in [6.45, 7) is 3.61. The minimum absolute atomic E-state index is 0.161. The van der Waals surface area contributed by atoms with Gasteiger partial charge in [-0.1, -0.05) is 11.6 Å². The quantitative estimate of drug-likeness (QED) is 0.928. The summed E-state index contributed by atoms with van der Waals surface area (Å²) in [5, 5.41) is 3.14. The molecule has 1 atom stereocenters. The fraction of sp³-hybridized carbons (Fsp3) is 0.533. The summed E-state index contributed by atoms with van der Waals surface area (Å²) in [6.07, 6.45) is 1.20. The number of benzene rings is 1. The molecule has 1 saturated heterocycles. The second-order valence-electron chi connectivity index (χ2n) is 5.42. The maximum atomic E-state index is 13.0. The van der Waals surface area contributed by atoms with Crippen LogP contribution in [0.1, 0.15) is 19.8 Å². The van der Waals surface area contributed by atoms with Crippen molar-refractivity contribution >= 4 is 17.5 Å².